The fraction of sp³-hybridized carbons (Fsp3) is 0.556. The summed E-state index contributed by atoms with van der Waals surface area (Å²) in [6, 6.07) is 9.58. The number of nitrogens with zero attached hydrogens (tertiary/aromatic N) is 6. The van der Waals surface area contributed by atoms with Gasteiger partial charge in [0.25, 0.3) is 0 Å². The monoisotopic (exact) mass is 342 g/mol. The van der Waals surface area contributed by atoms with Crippen molar-refractivity contribution in [3.8, 4) is 0 Å². The topological polar surface area (TPSA) is 67.2 Å². The molecule has 1 saturated heterocycles. The number of carbonyl (C=O) groups is 1. The van der Waals surface area contributed by atoms with Crippen molar-refractivity contribution >= 4 is 5.91 Å². The van der Waals surface area contributed by atoms with Crippen LogP contribution in [0.5, 0.6) is 0 Å². The van der Waals surface area contributed by atoms with Crippen LogP contribution >= 0.6 is 0 Å². The molecule has 134 valence electrons. The quantitative estimate of drug-likeness (QED) is 0.761. The van der Waals surface area contributed by atoms with Gasteiger partial charge in [-0.15, -0.1) is 5.10 Å². The molecule has 1 fully saturated rings. The van der Waals surface area contributed by atoms with E-state index < -0.39 is 6.04 Å². The molecule has 1 aliphatic rings. The Morgan fingerprint density at radius 1 is 1.20 bits per heavy atom. The van der Waals surface area contributed by atoms with Gasteiger partial charge in [0, 0.05) is 26.6 Å². The molecule has 7 nitrogen and oxygen atoms in total. The van der Waals surface area contributed by atoms with E-state index in [-0.39, 0.29) is 5.91 Å². The molecule has 25 heavy (non-hydrogen) atoms. The molecule has 7 heteroatoms. The molecule has 3 rings (SSSR count). The summed E-state index contributed by atoms with van der Waals surface area (Å²) < 4.78 is 1.56. The van der Waals surface area contributed by atoms with Gasteiger partial charge in [0.1, 0.15) is 12.4 Å². The first-order valence-electron chi connectivity index (χ1n) is 8.98. The summed E-state index contributed by atoms with van der Waals surface area (Å²) in [5.74, 6) is 0.0492. The molecule has 1 aliphatic heterocycles. The Morgan fingerprint density at radius 2 is 1.96 bits per heavy atom. The average molecular weight is 342 g/mol. The predicted molar refractivity (Wildman–Crippen MR) is 94.9 cm³/mol. The number of hydrogen-bond acceptors (Lipinski definition) is 5. The van der Waals surface area contributed by atoms with Crippen LogP contribution in [-0.4, -0.2) is 69.1 Å². The van der Waals surface area contributed by atoms with Crippen LogP contribution < -0.4 is 0 Å². The van der Waals surface area contributed by atoms with Gasteiger partial charge >= 0.3 is 0 Å². The van der Waals surface area contributed by atoms with Gasteiger partial charge in [-0.3, -0.25) is 4.79 Å². The molecule has 0 unspecified atom stereocenters. The Hall–Kier alpha value is -2.28. The fourth-order valence-electron chi connectivity index (χ4n) is 3.28. The highest BCUT2D eigenvalue weighted by Crippen LogP contribution is 2.16. The SMILES string of the molecule is CN(CCN1CCCCC1)C(=O)[C@H](Cc1ccccc1)n1cnnn1. The Bertz CT molecular complexity index is 639. The number of carbonyl (C=O) groups excluding carboxylic acids is 1. The third kappa shape index (κ3) is 4.85. The number of benzene rings is 1. The van der Waals surface area contributed by atoms with Crippen molar-refractivity contribution in [2.75, 3.05) is 33.2 Å². The molecular weight excluding hydrogens is 316 g/mol. The van der Waals surface area contributed by atoms with E-state index in [0.29, 0.717) is 6.42 Å². The number of piperidine rings is 1. The van der Waals surface area contributed by atoms with Gasteiger partial charge in [-0.25, -0.2) is 4.68 Å². The summed E-state index contributed by atoms with van der Waals surface area (Å²) in [5, 5.41) is 11.4. The van der Waals surface area contributed by atoms with Crippen LogP contribution in [0.15, 0.2) is 36.7 Å². The lowest BCUT2D eigenvalue weighted by molar-refractivity contribution is -0.134. The van der Waals surface area contributed by atoms with Gasteiger partial charge in [-0.2, -0.15) is 0 Å². The molecule has 0 bridgehead atoms. The summed E-state index contributed by atoms with van der Waals surface area (Å²) in [6.45, 7) is 3.94. The van der Waals surface area contributed by atoms with Crippen LogP contribution in [0.1, 0.15) is 30.9 Å². The molecule has 0 radical (unpaired) electrons. The van der Waals surface area contributed by atoms with E-state index in [0.717, 1.165) is 31.7 Å². The van der Waals surface area contributed by atoms with E-state index >= 15 is 0 Å². The number of likely N-dealkylation sites (N-methyl/N-ethyl adjacent to an activating group) is 1. The highest BCUT2D eigenvalue weighted by molar-refractivity contribution is 5.80. The summed E-state index contributed by atoms with van der Waals surface area (Å²) in [7, 11) is 1.87. The standard InChI is InChI=1S/C18H26N6O/c1-22(12-13-23-10-6-3-7-11-23)18(25)17(24-15-19-20-21-24)14-16-8-4-2-5-9-16/h2,4-5,8-9,15,17H,3,6-7,10-14H2,1H3/t17-/m0/s1. The van der Waals surface area contributed by atoms with Gasteiger partial charge in [-0.1, -0.05) is 36.8 Å². The number of likely N-dealkylation sites (tertiary alicyclic amines) is 1. The maximum absolute atomic E-state index is 13.0. The Morgan fingerprint density at radius 3 is 2.64 bits per heavy atom. The van der Waals surface area contributed by atoms with Crippen LogP contribution in [0, 0.1) is 0 Å². The molecule has 1 atom stereocenters. The number of aromatic nitrogens is 4. The van der Waals surface area contributed by atoms with Crippen molar-refractivity contribution in [2.24, 2.45) is 0 Å². The second-order valence-electron chi connectivity index (χ2n) is 6.66. The maximum Gasteiger partial charge on any atom is 0.247 e. The first-order valence-corrected chi connectivity index (χ1v) is 8.98. The van der Waals surface area contributed by atoms with Crippen LogP contribution in [0.2, 0.25) is 0 Å². The second kappa shape index (κ2) is 8.71. The zero-order valence-electron chi connectivity index (χ0n) is 14.8. The number of amides is 1. The van der Waals surface area contributed by atoms with Crippen molar-refractivity contribution < 1.29 is 4.79 Å². The zero-order chi connectivity index (χ0) is 17.5. The summed E-state index contributed by atoms with van der Waals surface area (Å²) in [5.41, 5.74) is 1.10. The van der Waals surface area contributed by atoms with E-state index in [2.05, 4.69) is 20.4 Å². The fourth-order valence-corrected chi connectivity index (χ4v) is 3.28. The van der Waals surface area contributed by atoms with Crippen molar-refractivity contribution in [3.63, 3.8) is 0 Å². The normalized spacial score (nSPS) is 16.5. The van der Waals surface area contributed by atoms with Crippen molar-refractivity contribution in [1.29, 1.82) is 0 Å². The molecule has 0 saturated carbocycles. The highest BCUT2D eigenvalue weighted by atomic mass is 16.2. The molecule has 0 spiro atoms. The van der Waals surface area contributed by atoms with Gasteiger partial charge in [-0.05, 0) is 41.9 Å². The lowest BCUT2D eigenvalue weighted by Gasteiger charge is -2.29. The smallest absolute Gasteiger partial charge is 0.247 e. The lowest BCUT2D eigenvalue weighted by Crippen LogP contribution is -2.41. The van der Waals surface area contributed by atoms with Crippen LogP contribution in [0.25, 0.3) is 0 Å². The van der Waals surface area contributed by atoms with Crippen molar-refractivity contribution in [1.82, 2.24) is 30.0 Å². The molecule has 2 heterocycles. The minimum atomic E-state index is -0.413. The van der Waals surface area contributed by atoms with E-state index in [1.54, 1.807) is 4.68 Å². The van der Waals surface area contributed by atoms with Crippen molar-refractivity contribution in [3.05, 3.63) is 42.2 Å². The molecule has 1 amide bonds. The molecule has 0 N–H and O–H groups in total. The predicted octanol–water partition coefficient (Wildman–Crippen LogP) is 1.40. The zero-order valence-corrected chi connectivity index (χ0v) is 14.8. The Kier molecular flexibility index (Phi) is 6.11. The Labute approximate surface area is 148 Å². The van der Waals surface area contributed by atoms with E-state index in [1.165, 1.54) is 25.6 Å². The molecule has 0 aliphatic carbocycles. The summed E-state index contributed by atoms with van der Waals surface area (Å²) in [4.78, 5) is 17.3. The van der Waals surface area contributed by atoms with Crippen LogP contribution in [0.4, 0.5) is 0 Å². The first kappa shape index (κ1) is 17.5. The van der Waals surface area contributed by atoms with Gasteiger partial charge < -0.3 is 9.80 Å². The lowest BCUT2D eigenvalue weighted by atomic mass is 10.1. The second-order valence-corrected chi connectivity index (χ2v) is 6.66. The minimum Gasteiger partial charge on any atom is -0.343 e. The van der Waals surface area contributed by atoms with Gasteiger partial charge in [0.2, 0.25) is 5.91 Å². The number of hydrogen-bond donors (Lipinski definition) is 0. The Balaban J connectivity index is 1.63. The van der Waals surface area contributed by atoms with Crippen LogP contribution in [0.3, 0.4) is 0 Å². The minimum absolute atomic E-state index is 0.0492. The average Bonchev–Trinajstić information content (AvgIpc) is 3.20. The van der Waals surface area contributed by atoms with Crippen molar-refractivity contribution in [2.45, 2.75) is 31.7 Å². The number of tetrazole rings is 1. The van der Waals surface area contributed by atoms with E-state index in [4.69, 9.17) is 0 Å². The molecular formula is C18H26N6O. The number of rotatable bonds is 7. The maximum atomic E-state index is 13.0. The molecule has 2 aromatic rings. The first-order chi connectivity index (χ1) is 12.2. The molecule has 1 aromatic carbocycles. The summed E-state index contributed by atoms with van der Waals surface area (Å²) in [6.07, 6.45) is 5.95. The van der Waals surface area contributed by atoms with Gasteiger partial charge in [0.15, 0.2) is 0 Å². The highest BCUT2D eigenvalue weighted by Gasteiger charge is 2.25. The van der Waals surface area contributed by atoms with E-state index in [1.807, 2.05) is 42.3 Å². The van der Waals surface area contributed by atoms with Crippen LogP contribution in [-0.2, 0) is 11.2 Å². The largest absolute Gasteiger partial charge is 0.343 e. The van der Waals surface area contributed by atoms with E-state index in [9.17, 15) is 4.79 Å². The molecule has 1 aromatic heterocycles. The third-order valence-electron chi connectivity index (χ3n) is 4.82. The summed E-state index contributed by atoms with van der Waals surface area (Å²) >= 11 is 0. The third-order valence-corrected chi connectivity index (χ3v) is 4.82. The van der Waals surface area contributed by atoms with Gasteiger partial charge in [0.05, 0.1) is 0 Å².